The summed E-state index contributed by atoms with van der Waals surface area (Å²) in [6.45, 7) is 2.11. The van der Waals surface area contributed by atoms with E-state index in [0.29, 0.717) is 5.92 Å². The largest absolute Gasteiger partial charge is 0.192 e. The molecule has 0 spiro atoms. The summed E-state index contributed by atoms with van der Waals surface area (Å²) in [4.78, 5) is 0. The average Bonchev–Trinajstić information content (AvgIpc) is 2.44. The Kier molecular flexibility index (Phi) is 1.48. The molecule has 1 aromatic rings. The third-order valence-corrected chi connectivity index (χ3v) is 2.28. The second-order valence-corrected chi connectivity index (χ2v) is 3.07. The number of allylic oxidation sites excluding steroid dienone is 2. The van der Waals surface area contributed by atoms with Crippen molar-refractivity contribution in [2.24, 2.45) is 0 Å². The van der Waals surface area contributed by atoms with E-state index in [4.69, 9.17) is 5.26 Å². The molecule has 0 amide bonds. The smallest absolute Gasteiger partial charge is 0.0994 e. The van der Waals surface area contributed by atoms with E-state index in [1.54, 1.807) is 0 Å². The molecule has 2 rings (SSSR count). The molecule has 1 unspecified atom stereocenters. The molecule has 58 valence electrons. The molecule has 0 saturated carbocycles. The highest BCUT2D eigenvalue weighted by molar-refractivity contribution is 5.83. The Morgan fingerprint density at radius 2 is 2.08 bits per heavy atom. The monoisotopic (exact) mass is 155 g/mol. The van der Waals surface area contributed by atoms with E-state index in [1.165, 1.54) is 5.56 Å². The number of rotatable bonds is 0. The fourth-order valence-corrected chi connectivity index (χ4v) is 1.67. The molecule has 0 saturated heterocycles. The lowest BCUT2D eigenvalue weighted by atomic mass is 10.0. The Morgan fingerprint density at radius 3 is 2.83 bits per heavy atom. The number of fused-ring (bicyclic) bond motifs is 1. The summed E-state index contributed by atoms with van der Waals surface area (Å²) in [5.74, 6) is 0.399. The van der Waals surface area contributed by atoms with Crippen LogP contribution in [0.4, 0.5) is 0 Å². The van der Waals surface area contributed by atoms with Crippen LogP contribution in [0.25, 0.3) is 5.57 Å². The first-order chi connectivity index (χ1) is 5.83. The molecule has 0 fully saturated rings. The van der Waals surface area contributed by atoms with E-state index >= 15 is 0 Å². The summed E-state index contributed by atoms with van der Waals surface area (Å²) in [6, 6.07) is 10.3. The van der Waals surface area contributed by atoms with Gasteiger partial charge in [-0.25, -0.2) is 0 Å². The maximum atomic E-state index is 8.81. The molecule has 1 aliphatic carbocycles. The van der Waals surface area contributed by atoms with E-state index < -0.39 is 0 Å². The van der Waals surface area contributed by atoms with Gasteiger partial charge < -0.3 is 0 Å². The van der Waals surface area contributed by atoms with Crippen LogP contribution >= 0.6 is 0 Å². The lowest BCUT2D eigenvalue weighted by molar-refractivity contribution is 0.990. The summed E-state index contributed by atoms with van der Waals surface area (Å²) in [5, 5.41) is 8.81. The van der Waals surface area contributed by atoms with E-state index in [-0.39, 0.29) is 0 Å². The average molecular weight is 155 g/mol. The predicted molar refractivity (Wildman–Crippen MR) is 48.4 cm³/mol. The molecular formula is C11H9N. The summed E-state index contributed by atoms with van der Waals surface area (Å²) < 4.78 is 0. The van der Waals surface area contributed by atoms with Crippen LogP contribution in [0.2, 0.25) is 0 Å². The van der Waals surface area contributed by atoms with Gasteiger partial charge in [-0.1, -0.05) is 37.3 Å². The number of hydrogen-bond donors (Lipinski definition) is 0. The maximum Gasteiger partial charge on any atom is 0.0994 e. The van der Waals surface area contributed by atoms with Crippen LogP contribution in [-0.4, -0.2) is 0 Å². The summed E-state index contributed by atoms with van der Waals surface area (Å²) in [5.41, 5.74) is 3.19. The van der Waals surface area contributed by atoms with E-state index in [1.807, 2.05) is 24.3 Å². The third-order valence-electron chi connectivity index (χ3n) is 2.28. The van der Waals surface area contributed by atoms with Crippen molar-refractivity contribution in [2.75, 3.05) is 0 Å². The van der Waals surface area contributed by atoms with Crippen LogP contribution in [0.1, 0.15) is 24.0 Å². The molecule has 1 nitrogen and oxygen atoms in total. The van der Waals surface area contributed by atoms with Gasteiger partial charge in [0.15, 0.2) is 0 Å². The highest BCUT2D eigenvalue weighted by Gasteiger charge is 2.18. The summed E-state index contributed by atoms with van der Waals surface area (Å²) >= 11 is 0. The van der Waals surface area contributed by atoms with Crippen molar-refractivity contribution in [1.29, 1.82) is 5.26 Å². The van der Waals surface area contributed by atoms with Crippen molar-refractivity contribution >= 4 is 5.57 Å². The standard InChI is InChI=1S/C11H9N/c1-8-6-9(7-12)11-5-3-2-4-10(8)11/h2-6,8H,1H3. The third kappa shape index (κ3) is 0.853. The van der Waals surface area contributed by atoms with Crippen molar-refractivity contribution in [1.82, 2.24) is 0 Å². The van der Waals surface area contributed by atoms with Crippen molar-refractivity contribution in [3.8, 4) is 6.07 Å². The van der Waals surface area contributed by atoms with Gasteiger partial charge >= 0.3 is 0 Å². The molecule has 12 heavy (non-hydrogen) atoms. The zero-order chi connectivity index (χ0) is 8.55. The molecule has 0 heterocycles. The fourth-order valence-electron chi connectivity index (χ4n) is 1.67. The van der Waals surface area contributed by atoms with Crippen molar-refractivity contribution in [3.05, 3.63) is 41.5 Å². The zero-order valence-corrected chi connectivity index (χ0v) is 6.91. The van der Waals surface area contributed by atoms with Gasteiger partial charge in [-0.3, -0.25) is 0 Å². The second kappa shape index (κ2) is 2.49. The molecule has 1 aliphatic rings. The van der Waals surface area contributed by atoms with Gasteiger partial charge in [-0.15, -0.1) is 0 Å². The first-order valence-corrected chi connectivity index (χ1v) is 4.04. The van der Waals surface area contributed by atoms with Crippen LogP contribution in [0, 0.1) is 11.3 Å². The molecule has 1 aromatic carbocycles. The minimum atomic E-state index is 0.399. The van der Waals surface area contributed by atoms with Gasteiger partial charge in [-0.05, 0) is 11.1 Å². The highest BCUT2D eigenvalue weighted by atomic mass is 14.3. The van der Waals surface area contributed by atoms with E-state index in [2.05, 4.69) is 19.1 Å². The highest BCUT2D eigenvalue weighted by Crippen LogP contribution is 2.34. The van der Waals surface area contributed by atoms with Crippen molar-refractivity contribution < 1.29 is 0 Å². The Labute approximate surface area is 72.0 Å². The molecule has 0 radical (unpaired) electrons. The molecule has 0 bridgehead atoms. The van der Waals surface area contributed by atoms with Crippen LogP contribution in [0.3, 0.4) is 0 Å². The van der Waals surface area contributed by atoms with Crippen LogP contribution in [-0.2, 0) is 0 Å². The molecule has 1 atom stereocenters. The fraction of sp³-hybridized carbons (Fsp3) is 0.182. The Balaban J connectivity index is 2.62. The number of nitriles is 1. The lowest BCUT2D eigenvalue weighted by Crippen LogP contribution is -1.85. The van der Waals surface area contributed by atoms with Crippen LogP contribution in [0.15, 0.2) is 30.3 Å². The molecule has 1 heteroatoms. The molecule has 0 aliphatic heterocycles. The maximum absolute atomic E-state index is 8.81. The Morgan fingerprint density at radius 1 is 1.33 bits per heavy atom. The van der Waals surface area contributed by atoms with Crippen LogP contribution in [0.5, 0.6) is 0 Å². The van der Waals surface area contributed by atoms with E-state index in [0.717, 1.165) is 11.1 Å². The predicted octanol–water partition coefficient (Wildman–Crippen LogP) is 2.71. The summed E-state index contributed by atoms with van der Waals surface area (Å²) in [6.07, 6.45) is 2.02. The Hall–Kier alpha value is -1.55. The lowest BCUT2D eigenvalue weighted by Gasteiger charge is -2.01. The molecule has 0 aromatic heterocycles. The topological polar surface area (TPSA) is 23.8 Å². The quantitative estimate of drug-likeness (QED) is 0.565. The molecule has 0 N–H and O–H groups in total. The van der Waals surface area contributed by atoms with Crippen molar-refractivity contribution in [2.45, 2.75) is 12.8 Å². The SMILES string of the molecule is CC1C=C(C#N)c2ccccc21. The number of hydrogen-bond acceptors (Lipinski definition) is 1. The van der Waals surface area contributed by atoms with Gasteiger partial charge in [-0.2, -0.15) is 5.26 Å². The van der Waals surface area contributed by atoms with Gasteiger partial charge in [0.05, 0.1) is 11.6 Å². The second-order valence-electron chi connectivity index (χ2n) is 3.07. The van der Waals surface area contributed by atoms with Gasteiger partial charge in [0.1, 0.15) is 0 Å². The minimum absolute atomic E-state index is 0.399. The van der Waals surface area contributed by atoms with Gasteiger partial charge in [0.25, 0.3) is 0 Å². The van der Waals surface area contributed by atoms with Gasteiger partial charge in [0, 0.05) is 5.92 Å². The van der Waals surface area contributed by atoms with Gasteiger partial charge in [0.2, 0.25) is 0 Å². The first-order valence-electron chi connectivity index (χ1n) is 4.04. The normalized spacial score (nSPS) is 19.7. The zero-order valence-electron chi connectivity index (χ0n) is 6.91. The summed E-state index contributed by atoms with van der Waals surface area (Å²) in [7, 11) is 0. The number of benzene rings is 1. The number of nitrogens with zero attached hydrogens (tertiary/aromatic N) is 1. The first kappa shape index (κ1) is 7.12. The van der Waals surface area contributed by atoms with E-state index in [9.17, 15) is 0 Å². The van der Waals surface area contributed by atoms with Crippen molar-refractivity contribution in [3.63, 3.8) is 0 Å². The minimum Gasteiger partial charge on any atom is -0.192 e. The molecular weight excluding hydrogens is 146 g/mol. The Bertz CT molecular complexity index is 382. The van der Waals surface area contributed by atoms with Crippen LogP contribution < -0.4 is 0 Å².